The van der Waals surface area contributed by atoms with Crippen LogP contribution in [0.3, 0.4) is 0 Å². The van der Waals surface area contributed by atoms with E-state index >= 15 is 0 Å². The number of fused-ring (bicyclic) bond motifs is 3. The summed E-state index contributed by atoms with van der Waals surface area (Å²) in [6, 6.07) is 11.2. The van der Waals surface area contributed by atoms with Crippen molar-refractivity contribution in [1.82, 2.24) is 0 Å². The Morgan fingerprint density at radius 3 is 2.55 bits per heavy atom. The van der Waals surface area contributed by atoms with Crippen LogP contribution in [0.2, 0.25) is 0 Å². The van der Waals surface area contributed by atoms with E-state index in [9.17, 15) is 0 Å². The Bertz CT molecular complexity index is 1440. The van der Waals surface area contributed by atoms with E-state index in [4.69, 9.17) is 15.1 Å². The van der Waals surface area contributed by atoms with E-state index in [-0.39, 0.29) is 6.17 Å². The molecule has 0 radical (unpaired) electrons. The molecule has 0 bridgehead atoms. The first-order chi connectivity index (χ1) is 14.9. The Balaban J connectivity index is 2.09. The molecule has 0 aliphatic rings. The van der Waals surface area contributed by atoms with E-state index in [2.05, 4.69) is 4.85 Å². The lowest BCUT2D eigenvalue weighted by atomic mass is 9.88. The van der Waals surface area contributed by atoms with Gasteiger partial charge >= 0.3 is 0 Å². The van der Waals surface area contributed by atoms with E-state index in [1.54, 1.807) is 10.6 Å². The van der Waals surface area contributed by atoms with Gasteiger partial charge in [0.2, 0.25) is 5.69 Å². The molecule has 146 valence electrons. The van der Waals surface area contributed by atoms with Gasteiger partial charge in [-0.2, -0.15) is 0 Å². The number of aryl methyl sites for hydroxylation is 2. The number of nitrogens with zero attached hydrogens (tertiary/aromatic N) is 2. The van der Waals surface area contributed by atoms with Crippen molar-refractivity contribution in [2.45, 2.75) is 41.0 Å². The monoisotopic (exact) mass is 386 g/mol. The molecule has 3 nitrogen and oxygen atoms in total. The fourth-order valence-electron chi connectivity index (χ4n) is 3.78. The minimum atomic E-state index is -1.62. The highest BCUT2D eigenvalue weighted by Gasteiger charge is 2.22. The lowest BCUT2D eigenvalue weighted by molar-refractivity contribution is -0.660. The maximum Gasteiger partial charge on any atom is 0.216 e. The minimum Gasteiger partial charge on any atom is -0.455 e. The Hall–Kier alpha value is -3.12. The largest absolute Gasteiger partial charge is 0.455 e. The summed E-state index contributed by atoms with van der Waals surface area (Å²) in [5, 5.41) is 1.79. The predicted octanol–water partition coefficient (Wildman–Crippen LogP) is 6.83. The van der Waals surface area contributed by atoms with Crippen LogP contribution in [0.4, 0.5) is 5.69 Å². The summed E-state index contributed by atoms with van der Waals surface area (Å²) in [5.74, 6) is 0. The number of benzene rings is 2. The third-order valence-electron chi connectivity index (χ3n) is 5.13. The lowest BCUT2D eigenvalue weighted by Crippen LogP contribution is -2.31. The third kappa shape index (κ3) is 3.40. The van der Waals surface area contributed by atoms with Crippen LogP contribution in [0.5, 0.6) is 0 Å². The minimum absolute atomic E-state index is 0.226. The molecular formula is C26H27N2O+. The fourth-order valence-corrected chi connectivity index (χ4v) is 3.78. The number of hydrogen-bond acceptors (Lipinski definition) is 1. The molecule has 2 heterocycles. The molecule has 3 heteroatoms. The van der Waals surface area contributed by atoms with E-state index in [0.717, 1.165) is 33.2 Å². The van der Waals surface area contributed by atoms with Gasteiger partial charge in [-0.3, -0.25) is 0 Å². The summed E-state index contributed by atoms with van der Waals surface area (Å²) in [7, 11) is 1.82. The van der Waals surface area contributed by atoms with Crippen molar-refractivity contribution in [3.63, 3.8) is 0 Å². The number of aromatic nitrogens is 1. The summed E-state index contributed by atoms with van der Waals surface area (Å²) in [6.45, 7) is 16.9. The molecule has 2 aromatic carbocycles. The highest BCUT2D eigenvalue weighted by atomic mass is 16.3. The van der Waals surface area contributed by atoms with Crippen molar-refractivity contribution in [3.8, 4) is 11.3 Å². The molecule has 0 unspecified atom stereocenters. The van der Waals surface area contributed by atoms with Crippen LogP contribution in [-0.2, 0) is 13.4 Å². The first-order valence-corrected chi connectivity index (χ1v) is 9.72. The molecule has 0 amide bonds. The fraction of sp³-hybridized carbons (Fsp3) is 0.308. The van der Waals surface area contributed by atoms with Crippen molar-refractivity contribution in [3.05, 3.63) is 70.7 Å². The Kier molecular flexibility index (Phi) is 3.66. The van der Waals surface area contributed by atoms with Gasteiger partial charge in [0.25, 0.3) is 0 Å². The van der Waals surface area contributed by atoms with Crippen molar-refractivity contribution in [2.24, 2.45) is 12.5 Å². The maximum atomic E-state index is 8.74. The molecule has 0 saturated heterocycles. The van der Waals surface area contributed by atoms with E-state index in [1.165, 1.54) is 0 Å². The first kappa shape index (κ1) is 15.8. The zero-order valence-corrected chi connectivity index (χ0v) is 17.8. The second-order valence-corrected chi connectivity index (χ2v) is 8.68. The molecule has 4 aromatic rings. The summed E-state index contributed by atoms with van der Waals surface area (Å²) < 4.78 is 34.1. The molecule has 2 aromatic heterocycles. The summed E-state index contributed by atoms with van der Waals surface area (Å²) >= 11 is 0. The maximum absolute atomic E-state index is 8.74. The molecule has 29 heavy (non-hydrogen) atoms. The molecule has 0 aliphatic heterocycles. The van der Waals surface area contributed by atoms with Gasteiger partial charge < -0.3 is 4.42 Å². The van der Waals surface area contributed by atoms with E-state index in [0.29, 0.717) is 22.4 Å². The topological polar surface area (TPSA) is 21.4 Å². The normalized spacial score (nSPS) is 13.9. The van der Waals surface area contributed by atoms with Gasteiger partial charge in [-0.05, 0) is 54.5 Å². The summed E-state index contributed by atoms with van der Waals surface area (Å²) in [5.41, 5.74) is 5.24. The summed E-state index contributed by atoms with van der Waals surface area (Å²) in [4.78, 5) is 3.63. The Labute approximate surface area is 176 Å². The van der Waals surface area contributed by atoms with Gasteiger partial charge in [0.05, 0.1) is 12.1 Å². The van der Waals surface area contributed by atoms with Crippen LogP contribution in [0, 0.1) is 25.8 Å². The molecular weight excluding hydrogens is 356 g/mol. The van der Waals surface area contributed by atoms with Gasteiger partial charge in [0.15, 0.2) is 11.9 Å². The molecule has 0 aliphatic carbocycles. The quantitative estimate of drug-likeness (QED) is 0.273. The standard InChI is InChI=1S/C26H27N2O/c1-16-8-9-19-20-14-21(27-6)17(2)12-23(20)29-25(19)24(16)22-13-18(10-11-28(22)7)15-26(3,4)5/h8-14H,15H2,1-5,7H3/q+1/i11D,15D2. The second-order valence-electron chi connectivity index (χ2n) is 8.68. The highest BCUT2D eigenvalue weighted by Crippen LogP contribution is 2.39. The molecule has 4 rings (SSSR count). The van der Waals surface area contributed by atoms with Gasteiger partial charge in [-0.15, -0.1) is 0 Å². The summed E-state index contributed by atoms with van der Waals surface area (Å²) in [6.07, 6.45) is -1.40. The van der Waals surface area contributed by atoms with Crippen LogP contribution in [0.1, 0.15) is 41.6 Å². The number of rotatable bonds is 2. The van der Waals surface area contributed by atoms with Crippen LogP contribution < -0.4 is 4.57 Å². The van der Waals surface area contributed by atoms with Gasteiger partial charge in [-0.25, -0.2) is 9.41 Å². The van der Waals surface area contributed by atoms with Crippen LogP contribution in [-0.4, -0.2) is 0 Å². The van der Waals surface area contributed by atoms with Crippen LogP contribution in [0.15, 0.2) is 47.0 Å². The second kappa shape index (κ2) is 6.74. The predicted molar refractivity (Wildman–Crippen MR) is 119 cm³/mol. The van der Waals surface area contributed by atoms with Gasteiger partial charge in [0.1, 0.15) is 19.6 Å². The number of pyridine rings is 1. The molecule has 0 fully saturated rings. The zero-order valence-electron chi connectivity index (χ0n) is 20.8. The Morgan fingerprint density at radius 1 is 1.10 bits per heavy atom. The van der Waals surface area contributed by atoms with Crippen molar-refractivity contribution < 1.29 is 13.1 Å². The van der Waals surface area contributed by atoms with Crippen molar-refractivity contribution in [1.29, 1.82) is 0 Å². The van der Waals surface area contributed by atoms with Crippen LogP contribution in [0.25, 0.3) is 38.0 Å². The van der Waals surface area contributed by atoms with Crippen LogP contribution >= 0.6 is 0 Å². The molecule has 0 atom stereocenters. The van der Waals surface area contributed by atoms with Crippen molar-refractivity contribution in [2.75, 3.05) is 0 Å². The van der Waals surface area contributed by atoms with E-state index < -0.39 is 11.8 Å². The smallest absolute Gasteiger partial charge is 0.216 e. The molecule has 0 spiro atoms. The zero-order chi connectivity index (χ0) is 23.6. The average Bonchev–Trinajstić information content (AvgIpc) is 3.05. The van der Waals surface area contributed by atoms with Crippen molar-refractivity contribution >= 4 is 27.6 Å². The highest BCUT2D eigenvalue weighted by molar-refractivity contribution is 6.10. The average molecular weight is 387 g/mol. The Morgan fingerprint density at radius 2 is 1.86 bits per heavy atom. The van der Waals surface area contributed by atoms with Gasteiger partial charge in [0, 0.05) is 25.6 Å². The third-order valence-corrected chi connectivity index (χ3v) is 5.13. The molecule has 0 saturated carbocycles. The van der Waals surface area contributed by atoms with E-state index in [1.807, 2.05) is 72.0 Å². The number of furan rings is 1. The molecule has 0 N–H and O–H groups in total. The lowest BCUT2D eigenvalue weighted by Gasteiger charge is -2.18. The number of hydrogen-bond donors (Lipinski definition) is 0. The first-order valence-electron chi connectivity index (χ1n) is 11.2. The SMILES string of the molecule is [2H]c1cc(C([2H])([2H])C(C)(C)C)cc(-c2c(C)ccc3c2oc2cc(C)c([N+]#[C-])cc23)[n+]1C. The van der Waals surface area contributed by atoms with Gasteiger partial charge in [-0.1, -0.05) is 32.9 Å².